The van der Waals surface area contributed by atoms with E-state index >= 15 is 0 Å². The molecule has 88 valence electrons. The molecule has 16 heavy (non-hydrogen) atoms. The van der Waals surface area contributed by atoms with Crippen LogP contribution in [0.4, 0.5) is 0 Å². The third-order valence-corrected chi connectivity index (χ3v) is 3.72. The van der Waals surface area contributed by atoms with Crippen molar-refractivity contribution in [3.05, 3.63) is 34.9 Å². The highest BCUT2D eigenvalue weighted by Crippen LogP contribution is 2.29. The number of rotatable bonds is 3. The smallest absolute Gasteiger partial charge is 0.00207 e. The molecule has 1 aliphatic heterocycles. The highest BCUT2D eigenvalue weighted by atomic mass is 14.9. The summed E-state index contributed by atoms with van der Waals surface area (Å²) >= 11 is 0. The molecule has 1 heteroatoms. The Morgan fingerprint density at radius 2 is 2.19 bits per heavy atom. The van der Waals surface area contributed by atoms with Gasteiger partial charge in [0, 0.05) is 6.54 Å². The van der Waals surface area contributed by atoms with Crippen LogP contribution in [-0.4, -0.2) is 13.1 Å². The lowest BCUT2D eigenvalue weighted by Gasteiger charge is -2.17. The maximum Gasteiger partial charge on any atom is 0.00207 e. The van der Waals surface area contributed by atoms with Gasteiger partial charge in [0.1, 0.15) is 0 Å². The molecule has 1 heterocycles. The predicted octanol–water partition coefficient (Wildman–Crippen LogP) is 3.45. The lowest BCUT2D eigenvalue weighted by molar-refractivity contribution is 0.745. The van der Waals surface area contributed by atoms with Crippen LogP contribution in [0.25, 0.3) is 0 Å². The van der Waals surface area contributed by atoms with Crippen molar-refractivity contribution in [3.63, 3.8) is 0 Å². The first-order valence-corrected chi connectivity index (χ1v) is 6.55. The Morgan fingerprint density at radius 3 is 2.75 bits per heavy atom. The maximum absolute atomic E-state index is 3.47. The van der Waals surface area contributed by atoms with Crippen molar-refractivity contribution < 1.29 is 0 Å². The average Bonchev–Trinajstić information content (AvgIpc) is 2.81. The van der Waals surface area contributed by atoms with E-state index in [0.29, 0.717) is 5.92 Å². The van der Waals surface area contributed by atoms with Crippen LogP contribution >= 0.6 is 0 Å². The second-order valence-electron chi connectivity index (χ2n) is 5.16. The number of hydrogen-bond donors (Lipinski definition) is 1. The van der Waals surface area contributed by atoms with Gasteiger partial charge in [-0.25, -0.2) is 0 Å². The molecule has 1 nitrogen and oxygen atoms in total. The van der Waals surface area contributed by atoms with Gasteiger partial charge in [0.2, 0.25) is 0 Å². The van der Waals surface area contributed by atoms with Crippen molar-refractivity contribution in [2.45, 2.75) is 45.4 Å². The highest BCUT2D eigenvalue weighted by molar-refractivity contribution is 5.36. The number of hydrogen-bond acceptors (Lipinski definition) is 1. The third kappa shape index (κ3) is 2.30. The summed E-state index contributed by atoms with van der Waals surface area (Å²) in [5.41, 5.74) is 4.62. The van der Waals surface area contributed by atoms with Crippen molar-refractivity contribution in [2.24, 2.45) is 0 Å². The molecule has 0 radical (unpaired) electrons. The minimum Gasteiger partial charge on any atom is -0.316 e. The van der Waals surface area contributed by atoms with Crippen LogP contribution in [0.1, 0.15) is 55.7 Å². The Hall–Kier alpha value is -0.820. The Balaban J connectivity index is 2.34. The fraction of sp³-hybridized carbons (Fsp3) is 0.600. The van der Waals surface area contributed by atoms with E-state index in [-0.39, 0.29) is 0 Å². The molecule has 2 rings (SSSR count). The van der Waals surface area contributed by atoms with Gasteiger partial charge in [0.15, 0.2) is 0 Å². The molecule has 1 unspecified atom stereocenters. The minimum absolute atomic E-state index is 0.638. The first-order valence-electron chi connectivity index (χ1n) is 6.55. The quantitative estimate of drug-likeness (QED) is 0.817. The van der Waals surface area contributed by atoms with E-state index in [9.17, 15) is 0 Å². The Kier molecular flexibility index (Phi) is 3.65. The molecule has 1 atom stereocenters. The van der Waals surface area contributed by atoms with Gasteiger partial charge in [-0.1, -0.05) is 39.0 Å². The van der Waals surface area contributed by atoms with E-state index in [1.54, 1.807) is 5.56 Å². The van der Waals surface area contributed by atoms with E-state index < -0.39 is 0 Å². The fourth-order valence-electron chi connectivity index (χ4n) is 2.59. The lowest BCUT2D eigenvalue weighted by Crippen LogP contribution is -2.09. The van der Waals surface area contributed by atoms with Gasteiger partial charge in [-0.15, -0.1) is 0 Å². The van der Waals surface area contributed by atoms with Crippen LogP contribution in [0.2, 0.25) is 0 Å². The Bertz CT molecular complexity index is 348. The van der Waals surface area contributed by atoms with Gasteiger partial charge in [0.05, 0.1) is 0 Å². The summed E-state index contributed by atoms with van der Waals surface area (Å²) in [6.07, 6.45) is 2.46. The maximum atomic E-state index is 3.47. The molecule has 0 aliphatic carbocycles. The molecule has 1 aromatic rings. The van der Waals surface area contributed by atoms with Crippen molar-refractivity contribution in [1.29, 1.82) is 0 Å². The van der Waals surface area contributed by atoms with Crippen LogP contribution in [-0.2, 0) is 6.42 Å². The SMILES string of the molecule is CCc1ccc(C(C)C)cc1C1CCNC1. The lowest BCUT2D eigenvalue weighted by atomic mass is 9.88. The van der Waals surface area contributed by atoms with Crippen LogP contribution < -0.4 is 5.32 Å². The van der Waals surface area contributed by atoms with Crippen LogP contribution in [0.5, 0.6) is 0 Å². The fourth-order valence-corrected chi connectivity index (χ4v) is 2.59. The molecular weight excluding hydrogens is 194 g/mol. The van der Waals surface area contributed by atoms with Crippen molar-refractivity contribution in [1.82, 2.24) is 5.32 Å². The predicted molar refractivity (Wildman–Crippen MR) is 70.1 cm³/mol. The molecule has 1 aromatic carbocycles. The molecular formula is C15H23N. The first-order chi connectivity index (χ1) is 7.72. The van der Waals surface area contributed by atoms with Crippen molar-refractivity contribution in [2.75, 3.05) is 13.1 Å². The number of aryl methyl sites for hydroxylation is 1. The van der Waals surface area contributed by atoms with E-state index in [2.05, 4.69) is 44.3 Å². The zero-order chi connectivity index (χ0) is 11.5. The van der Waals surface area contributed by atoms with E-state index in [4.69, 9.17) is 0 Å². The van der Waals surface area contributed by atoms with Gasteiger partial charge < -0.3 is 5.32 Å². The number of nitrogens with one attached hydrogen (secondary N) is 1. The zero-order valence-corrected chi connectivity index (χ0v) is 10.7. The first kappa shape index (κ1) is 11.7. The van der Waals surface area contributed by atoms with Crippen LogP contribution in [0.15, 0.2) is 18.2 Å². The molecule has 0 spiro atoms. The molecule has 0 amide bonds. The summed E-state index contributed by atoms with van der Waals surface area (Å²) < 4.78 is 0. The largest absolute Gasteiger partial charge is 0.316 e. The summed E-state index contributed by atoms with van der Waals surface area (Å²) in [6.45, 7) is 9.15. The van der Waals surface area contributed by atoms with Crippen molar-refractivity contribution >= 4 is 0 Å². The second kappa shape index (κ2) is 5.01. The summed E-state index contributed by atoms with van der Waals surface area (Å²) in [5.74, 6) is 1.38. The third-order valence-electron chi connectivity index (χ3n) is 3.72. The monoisotopic (exact) mass is 217 g/mol. The molecule has 1 N–H and O–H groups in total. The van der Waals surface area contributed by atoms with Gasteiger partial charge in [-0.3, -0.25) is 0 Å². The Morgan fingerprint density at radius 1 is 1.38 bits per heavy atom. The van der Waals surface area contributed by atoms with Gasteiger partial charge >= 0.3 is 0 Å². The standard InChI is InChI=1S/C15H23N/c1-4-12-5-6-13(11(2)3)9-15(12)14-7-8-16-10-14/h5-6,9,11,14,16H,4,7-8,10H2,1-3H3. The van der Waals surface area contributed by atoms with Crippen molar-refractivity contribution in [3.8, 4) is 0 Å². The Labute approximate surface area is 99.3 Å². The molecule has 1 fully saturated rings. The summed E-state index contributed by atoms with van der Waals surface area (Å²) in [7, 11) is 0. The summed E-state index contributed by atoms with van der Waals surface area (Å²) in [4.78, 5) is 0. The summed E-state index contributed by atoms with van der Waals surface area (Å²) in [5, 5.41) is 3.47. The molecule has 1 saturated heterocycles. The molecule has 1 aliphatic rings. The normalized spacial score (nSPS) is 20.6. The minimum atomic E-state index is 0.638. The van der Waals surface area contributed by atoms with Gasteiger partial charge in [0.25, 0.3) is 0 Å². The van der Waals surface area contributed by atoms with E-state index in [1.807, 2.05) is 0 Å². The zero-order valence-electron chi connectivity index (χ0n) is 10.7. The second-order valence-corrected chi connectivity index (χ2v) is 5.16. The summed E-state index contributed by atoms with van der Waals surface area (Å²) in [6, 6.07) is 7.08. The average molecular weight is 217 g/mol. The highest BCUT2D eigenvalue weighted by Gasteiger charge is 2.19. The van der Waals surface area contributed by atoms with E-state index in [1.165, 1.54) is 24.1 Å². The van der Waals surface area contributed by atoms with Gasteiger partial charge in [-0.05, 0) is 47.9 Å². The van der Waals surface area contributed by atoms with Crippen LogP contribution in [0, 0.1) is 0 Å². The topological polar surface area (TPSA) is 12.0 Å². The van der Waals surface area contributed by atoms with E-state index in [0.717, 1.165) is 18.9 Å². The van der Waals surface area contributed by atoms with Gasteiger partial charge in [-0.2, -0.15) is 0 Å². The molecule has 0 bridgehead atoms. The molecule has 0 saturated carbocycles. The van der Waals surface area contributed by atoms with Crippen LogP contribution in [0.3, 0.4) is 0 Å². The molecule has 0 aromatic heterocycles. The number of benzene rings is 1.